The first kappa shape index (κ1) is 21.2. The fourth-order valence-electron chi connectivity index (χ4n) is 3.55. The Morgan fingerprint density at radius 3 is 2.35 bits per heavy atom. The van der Waals surface area contributed by atoms with Crippen LogP contribution in [-0.4, -0.2) is 24.2 Å². The monoisotopic (exact) mass is 454 g/mol. The van der Waals surface area contributed by atoms with E-state index in [9.17, 15) is 8.42 Å². The smallest absolute Gasteiger partial charge is 0.229 e. The second-order valence-corrected chi connectivity index (χ2v) is 9.68. The molecular formula is C23H23ClN4O2S. The number of imidazole rings is 1. The number of hydrogen-bond acceptors (Lipinski definition) is 4. The van der Waals surface area contributed by atoms with E-state index in [1.807, 2.05) is 55.5 Å². The number of halogens is 1. The third kappa shape index (κ3) is 5.18. The van der Waals surface area contributed by atoms with Gasteiger partial charge in [-0.1, -0.05) is 41.9 Å². The van der Waals surface area contributed by atoms with Gasteiger partial charge in [-0.15, -0.1) is 0 Å². The first-order valence-electron chi connectivity index (χ1n) is 9.82. The minimum absolute atomic E-state index is 0.0939. The Balaban J connectivity index is 1.64. The number of rotatable bonds is 7. The van der Waals surface area contributed by atoms with E-state index in [1.165, 1.54) is 5.56 Å². The van der Waals surface area contributed by atoms with Gasteiger partial charge in [0.15, 0.2) is 0 Å². The minimum atomic E-state index is -3.30. The Hall–Kier alpha value is -3.03. The van der Waals surface area contributed by atoms with E-state index < -0.39 is 10.0 Å². The zero-order chi connectivity index (χ0) is 22.0. The van der Waals surface area contributed by atoms with Crippen molar-refractivity contribution in [2.45, 2.75) is 19.5 Å². The van der Waals surface area contributed by atoms with Gasteiger partial charge in [0.05, 0.1) is 23.3 Å². The largest absolute Gasteiger partial charge is 0.375 e. The summed E-state index contributed by atoms with van der Waals surface area (Å²) in [7, 11) is -3.30. The number of fused-ring (bicyclic) bond motifs is 1. The quantitative estimate of drug-likeness (QED) is 0.398. The van der Waals surface area contributed by atoms with Crippen molar-refractivity contribution in [1.29, 1.82) is 0 Å². The molecule has 4 aromatic rings. The van der Waals surface area contributed by atoms with E-state index in [4.69, 9.17) is 16.6 Å². The van der Waals surface area contributed by atoms with Gasteiger partial charge >= 0.3 is 0 Å². The van der Waals surface area contributed by atoms with E-state index in [0.29, 0.717) is 17.3 Å². The van der Waals surface area contributed by atoms with Gasteiger partial charge in [-0.05, 0) is 55.0 Å². The minimum Gasteiger partial charge on any atom is -0.375 e. The summed E-state index contributed by atoms with van der Waals surface area (Å²) in [6, 6.07) is 23.0. The van der Waals surface area contributed by atoms with E-state index in [1.54, 1.807) is 12.1 Å². The highest BCUT2D eigenvalue weighted by Gasteiger charge is 2.17. The zero-order valence-electron chi connectivity index (χ0n) is 17.2. The average molecular weight is 455 g/mol. The predicted octanol–water partition coefficient (Wildman–Crippen LogP) is 5.28. The van der Waals surface area contributed by atoms with E-state index >= 15 is 0 Å². The molecule has 1 aromatic heterocycles. The topological polar surface area (TPSA) is 76.0 Å². The third-order valence-electron chi connectivity index (χ3n) is 4.88. The second-order valence-electron chi connectivity index (χ2n) is 7.49. The Bertz CT molecular complexity index is 1300. The lowest BCUT2D eigenvalue weighted by atomic mass is 10.2. The molecule has 3 aromatic carbocycles. The van der Waals surface area contributed by atoms with Gasteiger partial charge in [0.25, 0.3) is 0 Å². The van der Waals surface area contributed by atoms with Gasteiger partial charge in [-0.25, -0.2) is 13.4 Å². The fraction of sp³-hybridized carbons (Fsp3) is 0.174. The maximum atomic E-state index is 11.4. The number of aromatic nitrogens is 2. The molecular weight excluding hydrogens is 432 g/mol. The maximum absolute atomic E-state index is 11.4. The van der Waals surface area contributed by atoms with Crippen molar-refractivity contribution in [2.24, 2.45) is 0 Å². The van der Waals surface area contributed by atoms with Gasteiger partial charge in [0.2, 0.25) is 10.0 Å². The Labute approximate surface area is 186 Å². The maximum Gasteiger partial charge on any atom is 0.229 e. The van der Waals surface area contributed by atoms with Crippen molar-refractivity contribution in [3.05, 3.63) is 89.2 Å². The van der Waals surface area contributed by atoms with Crippen LogP contribution in [-0.2, 0) is 16.6 Å². The summed E-state index contributed by atoms with van der Waals surface area (Å²) < 4.78 is 27.5. The molecule has 160 valence electrons. The normalized spacial score (nSPS) is 12.6. The van der Waals surface area contributed by atoms with Crippen molar-refractivity contribution >= 4 is 44.0 Å². The highest BCUT2D eigenvalue weighted by atomic mass is 35.5. The van der Waals surface area contributed by atoms with E-state index in [0.717, 1.165) is 28.8 Å². The van der Waals surface area contributed by atoms with Crippen LogP contribution in [0, 0.1) is 0 Å². The van der Waals surface area contributed by atoms with Crippen LogP contribution in [0.1, 0.15) is 24.4 Å². The molecule has 0 saturated heterocycles. The first-order chi connectivity index (χ1) is 14.8. The summed E-state index contributed by atoms with van der Waals surface area (Å²) in [5.41, 5.74) is 4.43. The van der Waals surface area contributed by atoms with Gasteiger partial charge in [0.1, 0.15) is 5.82 Å². The highest BCUT2D eigenvalue weighted by Crippen LogP contribution is 2.27. The van der Waals surface area contributed by atoms with Crippen molar-refractivity contribution < 1.29 is 8.42 Å². The van der Waals surface area contributed by atoms with E-state index in [2.05, 4.69) is 26.7 Å². The predicted molar refractivity (Wildman–Crippen MR) is 127 cm³/mol. The molecule has 4 rings (SSSR count). The van der Waals surface area contributed by atoms with Crippen LogP contribution in [0.25, 0.3) is 11.0 Å². The summed E-state index contributed by atoms with van der Waals surface area (Å²) in [6.45, 7) is 2.74. The van der Waals surface area contributed by atoms with Gasteiger partial charge in [-0.2, -0.15) is 0 Å². The molecule has 2 N–H and O–H groups in total. The molecule has 0 bridgehead atoms. The number of hydrogen-bond donors (Lipinski definition) is 2. The molecule has 0 aliphatic carbocycles. The zero-order valence-corrected chi connectivity index (χ0v) is 18.8. The lowest BCUT2D eigenvalue weighted by Crippen LogP contribution is -2.14. The molecule has 31 heavy (non-hydrogen) atoms. The van der Waals surface area contributed by atoms with Crippen LogP contribution >= 0.6 is 11.6 Å². The average Bonchev–Trinajstić information content (AvgIpc) is 3.06. The fourth-order valence-corrected chi connectivity index (χ4v) is 4.28. The molecule has 0 spiro atoms. The second kappa shape index (κ2) is 8.61. The molecule has 0 fully saturated rings. The number of nitrogens with zero attached hydrogens (tertiary/aromatic N) is 2. The number of nitrogens with one attached hydrogen (secondary N) is 2. The number of anilines is 2. The number of sulfonamides is 1. The first-order valence-corrected chi connectivity index (χ1v) is 12.1. The molecule has 0 amide bonds. The van der Waals surface area contributed by atoms with Crippen molar-refractivity contribution in [3.8, 4) is 0 Å². The molecule has 0 aliphatic rings. The van der Waals surface area contributed by atoms with Gasteiger partial charge in [-0.3, -0.25) is 4.72 Å². The molecule has 1 heterocycles. The van der Waals surface area contributed by atoms with E-state index in [-0.39, 0.29) is 6.04 Å². The lowest BCUT2D eigenvalue weighted by Gasteiger charge is -2.18. The van der Waals surface area contributed by atoms with Crippen LogP contribution in [0.2, 0.25) is 5.02 Å². The summed E-state index contributed by atoms with van der Waals surface area (Å²) in [5.74, 6) is 0.888. The lowest BCUT2D eigenvalue weighted by molar-refractivity contribution is 0.607. The molecule has 8 heteroatoms. The molecule has 1 atom stereocenters. The molecule has 0 radical (unpaired) electrons. The summed E-state index contributed by atoms with van der Waals surface area (Å²) in [6.07, 6.45) is 1.13. The number of benzene rings is 3. The van der Waals surface area contributed by atoms with Crippen LogP contribution in [0.4, 0.5) is 11.4 Å². The van der Waals surface area contributed by atoms with Crippen LogP contribution < -0.4 is 10.0 Å². The van der Waals surface area contributed by atoms with Crippen LogP contribution in [0.15, 0.2) is 72.8 Å². The Kier molecular flexibility index (Phi) is 5.89. The molecule has 6 nitrogen and oxygen atoms in total. The van der Waals surface area contributed by atoms with Crippen molar-refractivity contribution in [3.63, 3.8) is 0 Å². The molecule has 0 saturated carbocycles. The summed E-state index contributed by atoms with van der Waals surface area (Å²) in [4.78, 5) is 4.86. The van der Waals surface area contributed by atoms with Crippen LogP contribution in [0.5, 0.6) is 0 Å². The SMILES string of the molecule is CC(Nc1ccc(NS(C)(=O)=O)cc1)c1nc2cc(Cl)ccc2n1Cc1ccccc1. The molecule has 0 aliphatic heterocycles. The Morgan fingerprint density at radius 1 is 1.00 bits per heavy atom. The van der Waals surface area contributed by atoms with Crippen LogP contribution in [0.3, 0.4) is 0 Å². The third-order valence-corrected chi connectivity index (χ3v) is 5.72. The highest BCUT2D eigenvalue weighted by molar-refractivity contribution is 7.92. The Morgan fingerprint density at radius 2 is 1.68 bits per heavy atom. The summed E-state index contributed by atoms with van der Waals surface area (Å²) in [5, 5.41) is 4.11. The van der Waals surface area contributed by atoms with Crippen molar-refractivity contribution in [2.75, 3.05) is 16.3 Å². The van der Waals surface area contributed by atoms with Gasteiger partial charge in [0, 0.05) is 22.9 Å². The standard InChI is InChI=1S/C23H23ClN4O2S/c1-16(25-19-9-11-20(12-10-19)27-31(2,29)30)23-26-21-14-18(24)8-13-22(21)28(23)15-17-6-4-3-5-7-17/h3-14,16,25,27H,15H2,1-2H3. The molecule has 1 unspecified atom stereocenters. The van der Waals surface area contributed by atoms with Crippen molar-refractivity contribution in [1.82, 2.24) is 9.55 Å². The summed E-state index contributed by atoms with van der Waals surface area (Å²) >= 11 is 6.20. The van der Waals surface area contributed by atoms with Gasteiger partial charge < -0.3 is 9.88 Å².